The summed E-state index contributed by atoms with van der Waals surface area (Å²) >= 11 is 0. The van der Waals surface area contributed by atoms with Gasteiger partial charge in [0.1, 0.15) is 30.3 Å². The first-order valence-corrected chi connectivity index (χ1v) is 9.48. The summed E-state index contributed by atoms with van der Waals surface area (Å²) in [6.07, 6.45) is 2.15. The van der Waals surface area contributed by atoms with Crippen molar-refractivity contribution in [3.05, 3.63) is 71.3 Å². The normalized spacial score (nSPS) is 17.4. The smallest absolute Gasteiger partial charge is 0.123 e. The minimum Gasteiger partial charge on any atom is -0.492 e. The van der Waals surface area contributed by atoms with Gasteiger partial charge in [0.2, 0.25) is 0 Å². The first-order chi connectivity index (χ1) is 13.0. The molecule has 0 aliphatic carbocycles. The van der Waals surface area contributed by atoms with Gasteiger partial charge in [-0.3, -0.25) is 4.90 Å². The topological polar surface area (TPSA) is 41.9 Å². The minimum absolute atomic E-state index is 0.193. The molecule has 4 heteroatoms. The Morgan fingerprint density at radius 2 is 2.04 bits per heavy atom. The van der Waals surface area contributed by atoms with Crippen LogP contribution in [0.3, 0.4) is 0 Å². The van der Waals surface area contributed by atoms with Crippen LogP contribution in [-0.4, -0.2) is 36.3 Å². The van der Waals surface area contributed by atoms with Crippen LogP contribution in [0, 0.1) is 0 Å². The lowest BCUT2D eigenvalue weighted by molar-refractivity contribution is 0.00748. The monoisotopic (exact) mass is 367 g/mol. The lowest BCUT2D eigenvalue weighted by Crippen LogP contribution is -2.30. The van der Waals surface area contributed by atoms with Gasteiger partial charge in [0.25, 0.3) is 0 Å². The zero-order chi connectivity index (χ0) is 19.3. The average molecular weight is 367 g/mol. The number of hydrogen-bond donors (Lipinski definition) is 1. The van der Waals surface area contributed by atoms with E-state index in [2.05, 4.69) is 24.8 Å². The predicted octanol–water partition coefficient (Wildman–Crippen LogP) is 4.13. The Hall–Kier alpha value is -2.30. The summed E-state index contributed by atoms with van der Waals surface area (Å²) in [6, 6.07) is 15.5. The number of nitrogens with zero attached hydrogens (tertiary/aromatic N) is 1. The first-order valence-electron chi connectivity index (χ1n) is 9.48. The summed E-state index contributed by atoms with van der Waals surface area (Å²) in [5, 5.41) is 11.0. The summed E-state index contributed by atoms with van der Waals surface area (Å²) in [5.74, 6) is 1.66. The van der Waals surface area contributed by atoms with Gasteiger partial charge < -0.3 is 14.6 Å². The molecule has 1 N–H and O–H groups in total. The molecule has 2 aromatic rings. The molecule has 0 bridgehead atoms. The zero-order valence-electron chi connectivity index (χ0n) is 16.4. The fourth-order valence-corrected chi connectivity index (χ4v) is 3.19. The summed E-state index contributed by atoms with van der Waals surface area (Å²) in [5.41, 5.74) is 2.21. The summed E-state index contributed by atoms with van der Waals surface area (Å²) in [6.45, 7) is 9.50. The highest BCUT2D eigenvalue weighted by molar-refractivity contribution is 5.40. The summed E-state index contributed by atoms with van der Waals surface area (Å²) < 4.78 is 11.7. The van der Waals surface area contributed by atoms with Gasteiger partial charge in [0.05, 0.1) is 0 Å². The van der Waals surface area contributed by atoms with Crippen molar-refractivity contribution in [1.82, 2.24) is 4.90 Å². The van der Waals surface area contributed by atoms with E-state index in [4.69, 9.17) is 9.47 Å². The van der Waals surface area contributed by atoms with Crippen LogP contribution < -0.4 is 9.47 Å². The SMILES string of the molecule is C/C=C(\C)CN1CCOc2ccc([C@](C)(O)COc3ccccc3)cc2C1. The van der Waals surface area contributed by atoms with Crippen molar-refractivity contribution < 1.29 is 14.6 Å². The van der Waals surface area contributed by atoms with Crippen LogP contribution in [0.25, 0.3) is 0 Å². The molecule has 0 unspecified atom stereocenters. The van der Waals surface area contributed by atoms with Crippen LogP contribution in [-0.2, 0) is 12.1 Å². The summed E-state index contributed by atoms with van der Waals surface area (Å²) in [7, 11) is 0. The number of rotatable bonds is 6. The van der Waals surface area contributed by atoms with Gasteiger partial charge >= 0.3 is 0 Å². The van der Waals surface area contributed by atoms with Crippen molar-refractivity contribution >= 4 is 0 Å². The lowest BCUT2D eigenvalue weighted by atomic mass is 9.94. The molecule has 144 valence electrons. The third-order valence-electron chi connectivity index (χ3n) is 4.97. The molecule has 0 saturated carbocycles. The van der Waals surface area contributed by atoms with E-state index < -0.39 is 5.60 Å². The first kappa shape index (κ1) is 19.5. The third kappa shape index (κ3) is 5.12. The van der Waals surface area contributed by atoms with Gasteiger partial charge in [0.15, 0.2) is 0 Å². The van der Waals surface area contributed by atoms with Gasteiger partial charge in [0, 0.05) is 25.2 Å². The summed E-state index contributed by atoms with van der Waals surface area (Å²) in [4.78, 5) is 2.38. The highest BCUT2D eigenvalue weighted by atomic mass is 16.5. The Bertz CT molecular complexity index is 783. The van der Waals surface area contributed by atoms with E-state index in [-0.39, 0.29) is 6.61 Å². The molecule has 27 heavy (non-hydrogen) atoms. The van der Waals surface area contributed by atoms with Gasteiger partial charge in [-0.15, -0.1) is 0 Å². The van der Waals surface area contributed by atoms with E-state index in [9.17, 15) is 5.11 Å². The number of para-hydroxylation sites is 1. The fourth-order valence-electron chi connectivity index (χ4n) is 3.19. The van der Waals surface area contributed by atoms with Crippen LogP contribution in [0.2, 0.25) is 0 Å². The molecule has 1 heterocycles. The average Bonchev–Trinajstić information content (AvgIpc) is 2.88. The molecule has 2 aromatic carbocycles. The van der Waals surface area contributed by atoms with Crippen molar-refractivity contribution in [2.24, 2.45) is 0 Å². The second-order valence-electron chi connectivity index (χ2n) is 7.39. The minimum atomic E-state index is -1.08. The van der Waals surface area contributed by atoms with E-state index in [0.29, 0.717) is 6.61 Å². The van der Waals surface area contributed by atoms with Crippen molar-refractivity contribution in [1.29, 1.82) is 0 Å². The number of fused-ring (bicyclic) bond motifs is 1. The van der Waals surface area contributed by atoms with E-state index >= 15 is 0 Å². The molecule has 1 aliphatic rings. The quantitative estimate of drug-likeness (QED) is 0.780. The molecule has 0 spiro atoms. The number of benzene rings is 2. The third-order valence-corrected chi connectivity index (χ3v) is 4.97. The molecule has 0 saturated heterocycles. The highest BCUT2D eigenvalue weighted by Crippen LogP contribution is 2.30. The molecular formula is C23H29NO3. The van der Waals surface area contributed by atoms with Crippen molar-refractivity contribution in [2.75, 3.05) is 26.3 Å². The Morgan fingerprint density at radius 3 is 2.78 bits per heavy atom. The molecule has 1 aliphatic heterocycles. The Balaban J connectivity index is 1.75. The molecule has 3 rings (SSSR count). The second kappa shape index (κ2) is 8.59. The van der Waals surface area contributed by atoms with E-state index in [0.717, 1.165) is 42.3 Å². The molecule has 4 nitrogen and oxygen atoms in total. The fraction of sp³-hybridized carbons (Fsp3) is 0.391. The molecule has 1 atom stereocenters. The Morgan fingerprint density at radius 1 is 1.26 bits per heavy atom. The Kier molecular flexibility index (Phi) is 6.19. The van der Waals surface area contributed by atoms with Crippen LogP contribution in [0.15, 0.2) is 60.2 Å². The van der Waals surface area contributed by atoms with Crippen LogP contribution in [0.5, 0.6) is 11.5 Å². The van der Waals surface area contributed by atoms with E-state index in [1.807, 2.05) is 48.5 Å². The number of hydrogen-bond acceptors (Lipinski definition) is 4. The molecule has 0 amide bonds. The highest BCUT2D eigenvalue weighted by Gasteiger charge is 2.26. The largest absolute Gasteiger partial charge is 0.492 e. The van der Waals surface area contributed by atoms with Crippen molar-refractivity contribution in [3.63, 3.8) is 0 Å². The standard InChI is InChI=1S/C23H29NO3/c1-4-18(2)15-24-12-13-26-22-11-10-20(14-19(22)16-24)23(3,25)17-27-21-8-6-5-7-9-21/h4-11,14,25H,12-13,15-17H2,1-3H3/b18-4+/t23-/m1/s1. The molecule has 0 radical (unpaired) electrons. The van der Waals surface area contributed by atoms with E-state index in [1.54, 1.807) is 6.92 Å². The number of ether oxygens (including phenoxy) is 2. The second-order valence-corrected chi connectivity index (χ2v) is 7.39. The maximum atomic E-state index is 11.0. The number of aliphatic hydroxyl groups is 1. The van der Waals surface area contributed by atoms with Crippen molar-refractivity contribution in [3.8, 4) is 11.5 Å². The van der Waals surface area contributed by atoms with E-state index in [1.165, 1.54) is 5.57 Å². The molecular weight excluding hydrogens is 338 g/mol. The Labute approximate surface area is 162 Å². The van der Waals surface area contributed by atoms with Crippen molar-refractivity contribution in [2.45, 2.75) is 32.9 Å². The van der Waals surface area contributed by atoms with Crippen LogP contribution in [0.1, 0.15) is 31.9 Å². The van der Waals surface area contributed by atoms with Gasteiger partial charge in [-0.05, 0) is 50.6 Å². The van der Waals surface area contributed by atoms with Gasteiger partial charge in [-0.1, -0.05) is 35.9 Å². The maximum absolute atomic E-state index is 11.0. The van der Waals surface area contributed by atoms with Crippen LogP contribution >= 0.6 is 0 Å². The zero-order valence-corrected chi connectivity index (χ0v) is 16.4. The lowest BCUT2D eigenvalue weighted by Gasteiger charge is -2.25. The number of allylic oxidation sites excluding steroid dienone is 1. The predicted molar refractivity (Wildman–Crippen MR) is 108 cm³/mol. The van der Waals surface area contributed by atoms with Crippen LogP contribution in [0.4, 0.5) is 0 Å². The van der Waals surface area contributed by atoms with Gasteiger partial charge in [-0.2, -0.15) is 0 Å². The maximum Gasteiger partial charge on any atom is 0.123 e. The molecule has 0 aromatic heterocycles. The molecule has 0 fully saturated rings. The van der Waals surface area contributed by atoms with Gasteiger partial charge in [-0.25, -0.2) is 0 Å².